The highest BCUT2D eigenvalue weighted by Gasteiger charge is 2.21. The molecule has 0 aromatic carbocycles. The van der Waals surface area contributed by atoms with Gasteiger partial charge in [0.15, 0.2) is 0 Å². The van der Waals surface area contributed by atoms with Gasteiger partial charge in [-0.2, -0.15) is 0 Å². The average molecular weight is 165 g/mol. The Morgan fingerprint density at radius 1 is 1.17 bits per heavy atom. The Balaban J connectivity index is 1.88. The minimum Gasteiger partial charge on any atom is -0.316 e. The van der Waals surface area contributed by atoms with Crippen LogP contribution in [0.1, 0.15) is 32.1 Å². The van der Waals surface area contributed by atoms with Crippen LogP contribution in [0.5, 0.6) is 0 Å². The molecule has 1 heterocycles. The van der Waals surface area contributed by atoms with Crippen molar-refractivity contribution in [3.63, 3.8) is 0 Å². The van der Waals surface area contributed by atoms with E-state index < -0.39 is 0 Å². The second-order valence-corrected chi connectivity index (χ2v) is 4.13. The molecule has 0 bridgehead atoms. The van der Waals surface area contributed by atoms with Crippen LogP contribution >= 0.6 is 0 Å². The molecule has 1 fully saturated rings. The van der Waals surface area contributed by atoms with Gasteiger partial charge in [0.25, 0.3) is 0 Å². The van der Waals surface area contributed by atoms with Gasteiger partial charge < -0.3 is 5.32 Å². The van der Waals surface area contributed by atoms with Gasteiger partial charge in [0.05, 0.1) is 0 Å². The Kier molecular flexibility index (Phi) is 2.83. The molecule has 2 unspecified atom stereocenters. The molecule has 0 radical (unpaired) electrons. The summed E-state index contributed by atoms with van der Waals surface area (Å²) in [7, 11) is 0. The largest absolute Gasteiger partial charge is 0.316 e. The zero-order valence-electron chi connectivity index (χ0n) is 7.76. The van der Waals surface area contributed by atoms with Crippen LogP contribution < -0.4 is 5.32 Å². The quantitative estimate of drug-likeness (QED) is 0.588. The summed E-state index contributed by atoms with van der Waals surface area (Å²) in [5.41, 5.74) is 0. The zero-order valence-corrected chi connectivity index (χ0v) is 7.76. The van der Waals surface area contributed by atoms with Crippen LogP contribution in [-0.2, 0) is 0 Å². The Hall–Kier alpha value is -0.300. The van der Waals surface area contributed by atoms with Crippen molar-refractivity contribution in [2.24, 2.45) is 11.8 Å². The molecule has 0 aromatic rings. The van der Waals surface area contributed by atoms with E-state index >= 15 is 0 Å². The molecular weight excluding hydrogens is 146 g/mol. The molecule has 0 spiro atoms. The number of rotatable bonds is 1. The zero-order chi connectivity index (χ0) is 8.23. The van der Waals surface area contributed by atoms with E-state index in [4.69, 9.17) is 0 Å². The van der Waals surface area contributed by atoms with Gasteiger partial charge >= 0.3 is 0 Å². The van der Waals surface area contributed by atoms with Gasteiger partial charge in [-0.1, -0.05) is 12.2 Å². The topological polar surface area (TPSA) is 12.0 Å². The third-order valence-electron chi connectivity index (χ3n) is 3.23. The van der Waals surface area contributed by atoms with Crippen LogP contribution in [0.3, 0.4) is 0 Å². The summed E-state index contributed by atoms with van der Waals surface area (Å²) in [6.07, 6.45) is 11.8. The summed E-state index contributed by atoms with van der Waals surface area (Å²) in [5.74, 6) is 1.84. The van der Waals surface area contributed by atoms with Crippen molar-refractivity contribution in [1.82, 2.24) is 5.32 Å². The predicted octanol–water partition coefficient (Wildman–Crippen LogP) is 2.34. The Bertz CT molecular complexity index is 156. The monoisotopic (exact) mass is 165 g/mol. The van der Waals surface area contributed by atoms with Gasteiger partial charge in [-0.25, -0.2) is 0 Å². The summed E-state index contributed by atoms with van der Waals surface area (Å²) in [6.45, 7) is 2.50. The molecule has 0 saturated carbocycles. The fraction of sp³-hybridized carbons (Fsp3) is 0.818. The van der Waals surface area contributed by atoms with Crippen molar-refractivity contribution in [3.8, 4) is 0 Å². The van der Waals surface area contributed by atoms with E-state index in [0.29, 0.717) is 0 Å². The van der Waals surface area contributed by atoms with Gasteiger partial charge in [0, 0.05) is 0 Å². The number of hydrogen-bond donors (Lipinski definition) is 1. The van der Waals surface area contributed by atoms with Crippen molar-refractivity contribution in [1.29, 1.82) is 0 Å². The molecule has 1 aliphatic carbocycles. The first-order valence-corrected chi connectivity index (χ1v) is 5.34. The third-order valence-corrected chi connectivity index (χ3v) is 3.23. The highest BCUT2D eigenvalue weighted by molar-refractivity contribution is 4.96. The summed E-state index contributed by atoms with van der Waals surface area (Å²) >= 11 is 0. The lowest BCUT2D eigenvalue weighted by molar-refractivity contribution is 0.283. The van der Waals surface area contributed by atoms with Gasteiger partial charge in [0.2, 0.25) is 0 Å². The Morgan fingerprint density at radius 3 is 2.83 bits per heavy atom. The summed E-state index contributed by atoms with van der Waals surface area (Å²) in [5, 5.41) is 3.50. The first kappa shape index (κ1) is 8.31. The molecule has 0 amide bonds. The van der Waals surface area contributed by atoms with E-state index in [1.807, 2.05) is 0 Å². The molecule has 1 saturated heterocycles. The van der Waals surface area contributed by atoms with E-state index in [1.165, 1.54) is 45.2 Å². The van der Waals surface area contributed by atoms with Crippen LogP contribution in [-0.4, -0.2) is 13.1 Å². The number of hydrogen-bond acceptors (Lipinski definition) is 1. The number of piperidine rings is 1. The normalized spacial score (nSPS) is 36.7. The Labute approximate surface area is 75.2 Å². The van der Waals surface area contributed by atoms with E-state index in [2.05, 4.69) is 17.5 Å². The SMILES string of the molecule is C1=CC(C2CCCNC2)CCC1. The smallest absolute Gasteiger partial charge is 0.00149 e. The molecule has 1 N–H and O–H groups in total. The average Bonchev–Trinajstić information content (AvgIpc) is 2.21. The molecule has 12 heavy (non-hydrogen) atoms. The molecule has 1 heteroatoms. The number of nitrogens with one attached hydrogen (secondary N) is 1. The third kappa shape index (κ3) is 1.89. The van der Waals surface area contributed by atoms with Gasteiger partial charge in [-0.05, 0) is 57.0 Å². The second kappa shape index (κ2) is 4.08. The lowest BCUT2D eigenvalue weighted by Gasteiger charge is -2.30. The Morgan fingerprint density at radius 2 is 2.17 bits per heavy atom. The van der Waals surface area contributed by atoms with E-state index in [0.717, 1.165) is 11.8 Å². The van der Waals surface area contributed by atoms with Crippen molar-refractivity contribution in [2.75, 3.05) is 13.1 Å². The van der Waals surface area contributed by atoms with Crippen molar-refractivity contribution < 1.29 is 0 Å². The van der Waals surface area contributed by atoms with E-state index in [-0.39, 0.29) is 0 Å². The standard InChI is InChI=1S/C11H19N/c1-2-5-10(6-3-1)11-7-4-8-12-9-11/h2,5,10-12H,1,3-4,6-9H2. The fourth-order valence-corrected chi connectivity index (χ4v) is 2.48. The lowest BCUT2D eigenvalue weighted by Crippen LogP contribution is -2.33. The maximum atomic E-state index is 3.50. The molecule has 68 valence electrons. The lowest BCUT2D eigenvalue weighted by atomic mass is 9.81. The first-order chi connectivity index (χ1) is 5.97. The maximum Gasteiger partial charge on any atom is -0.00149 e. The minimum atomic E-state index is 0.895. The van der Waals surface area contributed by atoms with Crippen LogP contribution in [0.2, 0.25) is 0 Å². The molecule has 2 aliphatic rings. The number of allylic oxidation sites excluding steroid dienone is 2. The molecule has 1 nitrogen and oxygen atoms in total. The van der Waals surface area contributed by atoms with Gasteiger partial charge in [0.1, 0.15) is 0 Å². The maximum absolute atomic E-state index is 3.50. The van der Waals surface area contributed by atoms with Crippen LogP contribution in [0, 0.1) is 11.8 Å². The fourth-order valence-electron chi connectivity index (χ4n) is 2.48. The highest BCUT2D eigenvalue weighted by Crippen LogP contribution is 2.28. The van der Waals surface area contributed by atoms with E-state index in [9.17, 15) is 0 Å². The van der Waals surface area contributed by atoms with Crippen LogP contribution in [0.15, 0.2) is 12.2 Å². The van der Waals surface area contributed by atoms with Gasteiger partial charge in [-0.3, -0.25) is 0 Å². The molecule has 2 rings (SSSR count). The highest BCUT2D eigenvalue weighted by atomic mass is 14.9. The molecule has 1 aliphatic heterocycles. The predicted molar refractivity (Wildman–Crippen MR) is 52.1 cm³/mol. The first-order valence-electron chi connectivity index (χ1n) is 5.34. The molecule has 2 atom stereocenters. The van der Waals surface area contributed by atoms with Crippen LogP contribution in [0.25, 0.3) is 0 Å². The van der Waals surface area contributed by atoms with Gasteiger partial charge in [-0.15, -0.1) is 0 Å². The molecule has 0 aromatic heterocycles. The summed E-state index contributed by atoms with van der Waals surface area (Å²) < 4.78 is 0. The minimum absolute atomic E-state index is 0.895. The van der Waals surface area contributed by atoms with Crippen LogP contribution in [0.4, 0.5) is 0 Å². The summed E-state index contributed by atoms with van der Waals surface area (Å²) in [4.78, 5) is 0. The summed E-state index contributed by atoms with van der Waals surface area (Å²) in [6, 6.07) is 0. The molecular formula is C11H19N. The van der Waals surface area contributed by atoms with Crippen molar-refractivity contribution >= 4 is 0 Å². The van der Waals surface area contributed by atoms with E-state index in [1.54, 1.807) is 0 Å². The van der Waals surface area contributed by atoms with Crippen molar-refractivity contribution in [2.45, 2.75) is 32.1 Å². The second-order valence-electron chi connectivity index (χ2n) is 4.13. The van der Waals surface area contributed by atoms with Crippen molar-refractivity contribution in [3.05, 3.63) is 12.2 Å².